The van der Waals surface area contributed by atoms with Crippen molar-refractivity contribution in [3.63, 3.8) is 0 Å². The lowest BCUT2D eigenvalue weighted by molar-refractivity contribution is 0.0949. The number of halogens is 1. The molecule has 3 rings (SSSR count). The van der Waals surface area contributed by atoms with Crippen molar-refractivity contribution in [1.82, 2.24) is 10.2 Å². The summed E-state index contributed by atoms with van der Waals surface area (Å²) in [7, 11) is 4.14. The average molecular weight is 407 g/mol. The van der Waals surface area contributed by atoms with Crippen LogP contribution in [0, 0.1) is 6.92 Å². The number of benzene rings is 3. The van der Waals surface area contributed by atoms with E-state index in [4.69, 9.17) is 11.6 Å². The Morgan fingerprint density at radius 2 is 1.66 bits per heavy atom. The van der Waals surface area contributed by atoms with E-state index in [1.807, 2.05) is 48.5 Å². The largest absolute Gasteiger partial charge is 0.352 e. The van der Waals surface area contributed by atoms with Crippen molar-refractivity contribution < 1.29 is 4.79 Å². The highest BCUT2D eigenvalue weighted by Gasteiger charge is 2.15. The van der Waals surface area contributed by atoms with Gasteiger partial charge >= 0.3 is 0 Å². The summed E-state index contributed by atoms with van der Waals surface area (Å²) in [4.78, 5) is 14.9. The molecule has 3 aromatic carbocycles. The molecule has 0 fully saturated rings. The molecule has 0 aliphatic heterocycles. The summed E-state index contributed by atoms with van der Waals surface area (Å²) in [6.07, 6.45) is 0.846. The van der Waals surface area contributed by atoms with Gasteiger partial charge in [0.1, 0.15) is 0 Å². The number of hydrogen-bond donors (Lipinski definition) is 1. The zero-order valence-corrected chi connectivity index (χ0v) is 17.9. The Bertz CT molecular complexity index is 949. The van der Waals surface area contributed by atoms with Crippen molar-refractivity contribution in [3.8, 4) is 11.1 Å². The second-order valence-corrected chi connectivity index (χ2v) is 7.96. The fourth-order valence-electron chi connectivity index (χ4n) is 3.42. The second-order valence-electron chi connectivity index (χ2n) is 7.52. The number of rotatable bonds is 7. The highest BCUT2D eigenvalue weighted by Crippen LogP contribution is 2.23. The second kappa shape index (κ2) is 9.73. The molecule has 0 saturated carbocycles. The highest BCUT2D eigenvalue weighted by molar-refractivity contribution is 6.30. The minimum atomic E-state index is -0.0535. The zero-order chi connectivity index (χ0) is 20.8. The number of amides is 1. The highest BCUT2D eigenvalue weighted by atomic mass is 35.5. The summed E-state index contributed by atoms with van der Waals surface area (Å²) in [5.74, 6) is -0.0535. The van der Waals surface area contributed by atoms with Gasteiger partial charge in [-0.15, -0.1) is 0 Å². The van der Waals surface area contributed by atoms with Crippen molar-refractivity contribution in [3.05, 3.63) is 94.5 Å². The van der Waals surface area contributed by atoms with Gasteiger partial charge in [-0.25, -0.2) is 0 Å². The SMILES string of the molecule is Cc1ccc(C(CCNC(=O)c2cccc(-c3ccc(Cl)cc3)c2)N(C)C)cc1. The zero-order valence-electron chi connectivity index (χ0n) is 17.2. The average Bonchev–Trinajstić information content (AvgIpc) is 2.72. The minimum Gasteiger partial charge on any atom is -0.352 e. The Labute approximate surface area is 178 Å². The van der Waals surface area contributed by atoms with E-state index in [0.717, 1.165) is 17.5 Å². The Hall–Kier alpha value is -2.62. The van der Waals surface area contributed by atoms with Gasteiger partial charge in [-0.1, -0.05) is 65.7 Å². The van der Waals surface area contributed by atoms with E-state index < -0.39 is 0 Å². The van der Waals surface area contributed by atoms with Gasteiger partial charge in [0.15, 0.2) is 0 Å². The predicted molar refractivity (Wildman–Crippen MR) is 121 cm³/mol. The Morgan fingerprint density at radius 3 is 2.31 bits per heavy atom. The van der Waals surface area contributed by atoms with Crippen LogP contribution < -0.4 is 5.32 Å². The van der Waals surface area contributed by atoms with Crippen LogP contribution in [0.4, 0.5) is 0 Å². The number of nitrogens with zero attached hydrogens (tertiary/aromatic N) is 1. The van der Waals surface area contributed by atoms with Gasteiger partial charge < -0.3 is 10.2 Å². The molecule has 0 heterocycles. The standard InChI is InChI=1S/C25H27ClN2O/c1-18-7-9-20(10-8-18)24(28(2)3)15-16-27-25(29)22-6-4-5-21(17-22)19-11-13-23(26)14-12-19/h4-14,17,24H,15-16H2,1-3H3,(H,27,29). The molecule has 0 radical (unpaired) electrons. The van der Waals surface area contributed by atoms with Crippen molar-refractivity contribution in [2.45, 2.75) is 19.4 Å². The number of nitrogens with one attached hydrogen (secondary N) is 1. The van der Waals surface area contributed by atoms with Crippen LogP contribution in [-0.4, -0.2) is 31.4 Å². The molecule has 0 spiro atoms. The van der Waals surface area contributed by atoms with E-state index >= 15 is 0 Å². The molecule has 150 valence electrons. The van der Waals surface area contributed by atoms with Crippen LogP contribution in [-0.2, 0) is 0 Å². The molecule has 1 N–H and O–H groups in total. The summed E-state index contributed by atoms with van der Waals surface area (Å²) in [6.45, 7) is 2.70. The summed E-state index contributed by atoms with van der Waals surface area (Å²) in [5.41, 5.74) is 5.21. The molecule has 0 aromatic heterocycles. The van der Waals surface area contributed by atoms with Crippen LogP contribution in [0.5, 0.6) is 0 Å². The summed E-state index contributed by atoms with van der Waals surface area (Å²) >= 11 is 5.97. The maximum atomic E-state index is 12.7. The topological polar surface area (TPSA) is 32.3 Å². The van der Waals surface area contributed by atoms with Crippen LogP contribution in [0.15, 0.2) is 72.8 Å². The number of carbonyl (C=O) groups excluding carboxylic acids is 1. The molecule has 1 atom stereocenters. The number of aryl methyl sites for hydroxylation is 1. The third kappa shape index (κ3) is 5.69. The molecule has 29 heavy (non-hydrogen) atoms. The molecule has 0 aliphatic carbocycles. The van der Waals surface area contributed by atoms with E-state index in [1.165, 1.54) is 11.1 Å². The van der Waals surface area contributed by atoms with E-state index in [9.17, 15) is 4.79 Å². The number of hydrogen-bond acceptors (Lipinski definition) is 2. The van der Waals surface area contributed by atoms with Crippen molar-refractivity contribution in [2.75, 3.05) is 20.6 Å². The fourth-order valence-corrected chi connectivity index (χ4v) is 3.54. The van der Waals surface area contributed by atoms with E-state index in [1.54, 1.807) is 0 Å². The molecule has 1 unspecified atom stereocenters. The van der Waals surface area contributed by atoms with Gasteiger partial charge in [0, 0.05) is 23.2 Å². The molecule has 0 aliphatic rings. The van der Waals surface area contributed by atoms with Gasteiger partial charge in [0.05, 0.1) is 0 Å². The Balaban J connectivity index is 1.63. The van der Waals surface area contributed by atoms with E-state index in [2.05, 4.69) is 55.5 Å². The first-order chi connectivity index (χ1) is 13.9. The first-order valence-corrected chi connectivity index (χ1v) is 10.2. The summed E-state index contributed by atoms with van der Waals surface area (Å²) in [5, 5.41) is 3.77. The van der Waals surface area contributed by atoms with E-state index in [0.29, 0.717) is 17.1 Å². The molecular weight excluding hydrogens is 380 g/mol. The van der Waals surface area contributed by atoms with Gasteiger partial charge in [-0.05, 0) is 68.4 Å². The molecule has 3 aromatic rings. The third-order valence-corrected chi connectivity index (χ3v) is 5.34. The predicted octanol–water partition coefficient (Wildman–Crippen LogP) is 5.74. The summed E-state index contributed by atoms with van der Waals surface area (Å²) < 4.78 is 0. The normalized spacial score (nSPS) is 12.0. The van der Waals surface area contributed by atoms with Crippen molar-refractivity contribution in [1.29, 1.82) is 0 Å². The van der Waals surface area contributed by atoms with E-state index in [-0.39, 0.29) is 11.9 Å². The molecule has 0 bridgehead atoms. The fraction of sp³-hybridized carbons (Fsp3) is 0.240. The van der Waals surface area contributed by atoms with Crippen LogP contribution in [0.3, 0.4) is 0 Å². The Morgan fingerprint density at radius 1 is 0.966 bits per heavy atom. The molecule has 0 saturated heterocycles. The van der Waals surface area contributed by atoms with Crippen LogP contribution in [0.1, 0.15) is 33.9 Å². The first-order valence-electron chi connectivity index (χ1n) is 9.81. The molecule has 4 heteroatoms. The molecule has 3 nitrogen and oxygen atoms in total. The molecule has 1 amide bonds. The monoisotopic (exact) mass is 406 g/mol. The van der Waals surface area contributed by atoms with Crippen molar-refractivity contribution in [2.24, 2.45) is 0 Å². The summed E-state index contributed by atoms with van der Waals surface area (Å²) in [6, 6.07) is 24.2. The maximum Gasteiger partial charge on any atom is 0.251 e. The van der Waals surface area contributed by atoms with Gasteiger partial charge in [0.2, 0.25) is 0 Å². The van der Waals surface area contributed by atoms with Crippen LogP contribution in [0.25, 0.3) is 11.1 Å². The Kier molecular flexibility index (Phi) is 7.08. The quantitative estimate of drug-likeness (QED) is 0.542. The minimum absolute atomic E-state index is 0.0535. The number of carbonyl (C=O) groups is 1. The molecular formula is C25H27ClN2O. The van der Waals surface area contributed by atoms with Gasteiger partial charge in [-0.2, -0.15) is 0 Å². The lowest BCUT2D eigenvalue weighted by Gasteiger charge is -2.25. The van der Waals surface area contributed by atoms with Crippen molar-refractivity contribution >= 4 is 17.5 Å². The van der Waals surface area contributed by atoms with Crippen LogP contribution >= 0.6 is 11.6 Å². The van der Waals surface area contributed by atoms with Gasteiger partial charge in [0.25, 0.3) is 5.91 Å². The first kappa shape index (κ1) is 21.1. The third-order valence-electron chi connectivity index (χ3n) is 5.09. The van der Waals surface area contributed by atoms with Gasteiger partial charge in [-0.3, -0.25) is 4.79 Å². The smallest absolute Gasteiger partial charge is 0.251 e. The lowest BCUT2D eigenvalue weighted by atomic mass is 10.0. The lowest BCUT2D eigenvalue weighted by Crippen LogP contribution is -2.29. The van der Waals surface area contributed by atoms with Crippen LogP contribution in [0.2, 0.25) is 5.02 Å². The maximum absolute atomic E-state index is 12.7.